The van der Waals surface area contributed by atoms with E-state index in [1.54, 1.807) is 0 Å². The Labute approximate surface area is 210 Å². The summed E-state index contributed by atoms with van der Waals surface area (Å²) in [5, 5.41) is 6.96. The standard InChI is InChI=1S/C30H50N4/c1-23(2)31-27-13-17-29(18-14-27)33(25(5)6)21-11-9-10-12-22-34(26(7)8)30-19-15-28(16-20-30)32-24(3)4/h13-20,23-26,31-32H,9-12,21-22H2,1-8H3. The molecule has 0 aliphatic heterocycles. The predicted molar refractivity (Wildman–Crippen MR) is 154 cm³/mol. The van der Waals surface area contributed by atoms with E-state index in [-0.39, 0.29) is 0 Å². The van der Waals surface area contributed by atoms with Gasteiger partial charge in [-0.05, 0) is 117 Å². The second-order valence-electron chi connectivity index (χ2n) is 10.7. The van der Waals surface area contributed by atoms with Gasteiger partial charge in [0, 0.05) is 60.0 Å². The van der Waals surface area contributed by atoms with Gasteiger partial charge in [-0.25, -0.2) is 0 Å². The largest absolute Gasteiger partial charge is 0.383 e. The average Bonchev–Trinajstić information content (AvgIpc) is 2.76. The molecule has 2 aromatic rings. The normalized spacial score (nSPS) is 11.5. The van der Waals surface area contributed by atoms with E-state index in [0.717, 1.165) is 13.1 Å². The van der Waals surface area contributed by atoms with Gasteiger partial charge in [-0.3, -0.25) is 0 Å². The van der Waals surface area contributed by atoms with E-state index < -0.39 is 0 Å². The van der Waals surface area contributed by atoms with E-state index in [4.69, 9.17) is 0 Å². The van der Waals surface area contributed by atoms with E-state index in [0.29, 0.717) is 24.2 Å². The minimum Gasteiger partial charge on any atom is -0.383 e. The lowest BCUT2D eigenvalue weighted by molar-refractivity contribution is 0.578. The van der Waals surface area contributed by atoms with Crippen LogP contribution in [0.2, 0.25) is 0 Å². The second kappa shape index (κ2) is 14.1. The Morgan fingerprint density at radius 3 is 1.09 bits per heavy atom. The van der Waals surface area contributed by atoms with Gasteiger partial charge < -0.3 is 20.4 Å². The van der Waals surface area contributed by atoms with Crippen molar-refractivity contribution in [3.05, 3.63) is 48.5 Å². The third kappa shape index (κ3) is 9.48. The Morgan fingerprint density at radius 2 is 0.824 bits per heavy atom. The molecule has 2 N–H and O–H groups in total. The lowest BCUT2D eigenvalue weighted by atomic mass is 10.1. The van der Waals surface area contributed by atoms with Crippen LogP contribution in [0.3, 0.4) is 0 Å². The van der Waals surface area contributed by atoms with Crippen molar-refractivity contribution in [3.8, 4) is 0 Å². The van der Waals surface area contributed by atoms with Crippen LogP contribution >= 0.6 is 0 Å². The molecule has 190 valence electrons. The van der Waals surface area contributed by atoms with Gasteiger partial charge in [0.2, 0.25) is 0 Å². The lowest BCUT2D eigenvalue weighted by Crippen LogP contribution is -2.32. The van der Waals surface area contributed by atoms with Crippen LogP contribution in [0.1, 0.15) is 81.1 Å². The van der Waals surface area contributed by atoms with Crippen LogP contribution in [0.25, 0.3) is 0 Å². The van der Waals surface area contributed by atoms with Gasteiger partial charge >= 0.3 is 0 Å². The van der Waals surface area contributed by atoms with Crippen LogP contribution in [0.15, 0.2) is 48.5 Å². The number of hydrogen-bond donors (Lipinski definition) is 2. The number of hydrogen-bond acceptors (Lipinski definition) is 4. The van der Waals surface area contributed by atoms with Gasteiger partial charge in [-0.1, -0.05) is 12.8 Å². The molecular formula is C30H50N4. The van der Waals surface area contributed by atoms with Gasteiger partial charge in [-0.2, -0.15) is 0 Å². The molecular weight excluding hydrogens is 416 g/mol. The summed E-state index contributed by atoms with van der Waals surface area (Å²) >= 11 is 0. The first kappa shape index (κ1) is 27.9. The zero-order valence-corrected chi connectivity index (χ0v) is 23.1. The van der Waals surface area contributed by atoms with Crippen molar-refractivity contribution < 1.29 is 0 Å². The lowest BCUT2D eigenvalue weighted by Gasteiger charge is -2.30. The molecule has 0 fully saturated rings. The van der Waals surface area contributed by atoms with Gasteiger partial charge in [0.25, 0.3) is 0 Å². The zero-order chi connectivity index (χ0) is 25.1. The smallest absolute Gasteiger partial charge is 0.0370 e. The Balaban J connectivity index is 1.79. The van der Waals surface area contributed by atoms with Crippen molar-refractivity contribution >= 4 is 22.7 Å². The number of anilines is 4. The molecule has 0 saturated heterocycles. The van der Waals surface area contributed by atoms with Crippen LogP contribution < -0.4 is 20.4 Å². The maximum Gasteiger partial charge on any atom is 0.0370 e. The van der Waals surface area contributed by atoms with Crippen molar-refractivity contribution in [1.82, 2.24) is 0 Å². The molecule has 34 heavy (non-hydrogen) atoms. The topological polar surface area (TPSA) is 30.5 Å². The molecule has 0 bridgehead atoms. The molecule has 0 saturated carbocycles. The minimum absolute atomic E-state index is 0.458. The quantitative estimate of drug-likeness (QED) is 0.260. The molecule has 0 aromatic heterocycles. The third-order valence-electron chi connectivity index (χ3n) is 6.10. The average molecular weight is 467 g/mol. The van der Waals surface area contributed by atoms with Crippen molar-refractivity contribution in [1.29, 1.82) is 0 Å². The first-order chi connectivity index (χ1) is 16.2. The summed E-state index contributed by atoms with van der Waals surface area (Å²) in [6.45, 7) is 20.1. The van der Waals surface area contributed by atoms with Crippen LogP contribution in [-0.4, -0.2) is 37.3 Å². The fourth-order valence-electron chi connectivity index (χ4n) is 4.45. The van der Waals surface area contributed by atoms with Gasteiger partial charge in [0.1, 0.15) is 0 Å². The second-order valence-corrected chi connectivity index (χ2v) is 10.7. The minimum atomic E-state index is 0.458. The maximum absolute atomic E-state index is 3.48. The van der Waals surface area contributed by atoms with Gasteiger partial charge in [-0.15, -0.1) is 0 Å². The van der Waals surface area contributed by atoms with E-state index >= 15 is 0 Å². The summed E-state index contributed by atoms with van der Waals surface area (Å²) in [6, 6.07) is 19.8. The summed E-state index contributed by atoms with van der Waals surface area (Å²) in [6.07, 6.45) is 5.03. The number of nitrogens with one attached hydrogen (secondary N) is 2. The van der Waals surface area contributed by atoms with Crippen LogP contribution in [0, 0.1) is 0 Å². The molecule has 2 rings (SSSR count). The van der Waals surface area contributed by atoms with Gasteiger partial charge in [0.15, 0.2) is 0 Å². The Bertz CT molecular complexity index is 724. The molecule has 0 aliphatic carbocycles. The molecule has 2 aromatic carbocycles. The molecule has 0 amide bonds. The molecule has 0 unspecified atom stereocenters. The number of unbranched alkanes of at least 4 members (excludes halogenated alkanes) is 3. The summed E-state index contributed by atoms with van der Waals surface area (Å²) < 4.78 is 0. The highest BCUT2D eigenvalue weighted by Gasteiger charge is 2.12. The molecule has 0 heterocycles. The number of rotatable bonds is 15. The number of nitrogens with zero attached hydrogens (tertiary/aromatic N) is 2. The van der Waals surface area contributed by atoms with E-state index in [1.807, 2.05) is 0 Å². The molecule has 4 heteroatoms. The van der Waals surface area contributed by atoms with E-state index in [2.05, 4.69) is 124 Å². The summed E-state index contributed by atoms with van der Waals surface area (Å²) in [5.41, 5.74) is 5.04. The summed E-state index contributed by atoms with van der Waals surface area (Å²) in [5.74, 6) is 0. The fraction of sp³-hybridized carbons (Fsp3) is 0.600. The first-order valence-electron chi connectivity index (χ1n) is 13.4. The van der Waals surface area contributed by atoms with Crippen molar-refractivity contribution in [2.75, 3.05) is 33.5 Å². The highest BCUT2D eigenvalue weighted by Crippen LogP contribution is 2.23. The Morgan fingerprint density at radius 1 is 0.500 bits per heavy atom. The molecule has 0 spiro atoms. The number of benzene rings is 2. The maximum atomic E-state index is 3.48. The fourth-order valence-corrected chi connectivity index (χ4v) is 4.45. The Kier molecular flexibility index (Phi) is 11.6. The van der Waals surface area contributed by atoms with Crippen LogP contribution in [0.5, 0.6) is 0 Å². The summed E-state index contributed by atoms with van der Waals surface area (Å²) in [4.78, 5) is 5.07. The molecule has 0 radical (unpaired) electrons. The molecule has 0 aliphatic rings. The van der Waals surface area contributed by atoms with Crippen molar-refractivity contribution in [3.63, 3.8) is 0 Å². The van der Waals surface area contributed by atoms with Crippen molar-refractivity contribution in [2.24, 2.45) is 0 Å². The van der Waals surface area contributed by atoms with Crippen LogP contribution in [-0.2, 0) is 0 Å². The van der Waals surface area contributed by atoms with Crippen LogP contribution in [0.4, 0.5) is 22.7 Å². The van der Waals surface area contributed by atoms with Crippen molar-refractivity contribution in [2.45, 2.75) is 105 Å². The first-order valence-corrected chi connectivity index (χ1v) is 13.4. The highest BCUT2D eigenvalue weighted by molar-refractivity contribution is 5.56. The molecule has 4 nitrogen and oxygen atoms in total. The van der Waals surface area contributed by atoms with Gasteiger partial charge in [0.05, 0.1) is 0 Å². The monoisotopic (exact) mass is 466 g/mol. The highest BCUT2D eigenvalue weighted by atomic mass is 15.2. The molecule has 0 atom stereocenters. The SMILES string of the molecule is CC(C)Nc1ccc(N(CCCCCCN(c2ccc(NC(C)C)cc2)C(C)C)C(C)C)cc1. The van der Waals surface area contributed by atoms with E-state index in [9.17, 15) is 0 Å². The third-order valence-corrected chi connectivity index (χ3v) is 6.10. The zero-order valence-electron chi connectivity index (χ0n) is 23.1. The summed E-state index contributed by atoms with van der Waals surface area (Å²) in [7, 11) is 0. The predicted octanol–water partition coefficient (Wildman–Crippen LogP) is 8.02. The Hall–Kier alpha value is -2.36. The van der Waals surface area contributed by atoms with E-state index in [1.165, 1.54) is 48.4 Å².